The van der Waals surface area contributed by atoms with Gasteiger partial charge in [0.2, 0.25) is 0 Å². The van der Waals surface area contributed by atoms with Crippen LogP contribution in [-0.4, -0.2) is 50.4 Å². The number of benzene rings is 2. The van der Waals surface area contributed by atoms with Gasteiger partial charge in [0.05, 0.1) is 26.7 Å². The highest BCUT2D eigenvalue weighted by molar-refractivity contribution is 5.63. The van der Waals surface area contributed by atoms with Crippen molar-refractivity contribution in [2.75, 3.05) is 40.6 Å². The Morgan fingerprint density at radius 1 is 0.500 bits per heavy atom. The average Bonchev–Trinajstić information content (AvgIpc) is 2.89. The highest BCUT2D eigenvalue weighted by Crippen LogP contribution is 2.21. The summed E-state index contributed by atoms with van der Waals surface area (Å²) in [5.74, 6) is 0. The lowest BCUT2D eigenvalue weighted by atomic mass is 10.0. The molecule has 0 N–H and O–H groups in total. The maximum atomic E-state index is 5.92. The molecule has 2 rings (SSSR count). The molecule has 2 aromatic carbocycles. The van der Waals surface area contributed by atoms with Crippen LogP contribution in [-0.2, 0) is 22.7 Å². The van der Waals surface area contributed by atoms with Crippen molar-refractivity contribution in [3.05, 3.63) is 59.7 Å². The summed E-state index contributed by atoms with van der Waals surface area (Å²) in [5.41, 5.74) is 4.90. The maximum absolute atomic E-state index is 5.92. The second kappa shape index (κ2) is 19.4. The molecular formula is C32H52N2O2. The molecule has 0 spiro atoms. The summed E-state index contributed by atoms with van der Waals surface area (Å²) in [6.07, 6.45) is 13.2. The fourth-order valence-corrected chi connectivity index (χ4v) is 4.33. The third-order valence-electron chi connectivity index (χ3n) is 6.69. The molecule has 4 heteroatoms. The van der Waals surface area contributed by atoms with E-state index in [0.717, 1.165) is 13.1 Å². The first-order chi connectivity index (χ1) is 17.6. The molecule has 4 nitrogen and oxygen atoms in total. The number of hydrogen-bond donors (Lipinski definition) is 0. The Morgan fingerprint density at radius 2 is 0.861 bits per heavy atom. The van der Waals surface area contributed by atoms with Crippen molar-refractivity contribution in [2.24, 2.45) is 0 Å². The SMILES string of the molecule is CCCCCCCN(C)COCc1ccc(-c2ccc(COCN(C)CCCCCCC)cc2)cc1. The fourth-order valence-electron chi connectivity index (χ4n) is 4.33. The number of hydrogen-bond acceptors (Lipinski definition) is 4. The van der Waals surface area contributed by atoms with Crippen LogP contribution in [0.4, 0.5) is 0 Å². The van der Waals surface area contributed by atoms with Crippen molar-refractivity contribution in [3.63, 3.8) is 0 Å². The molecule has 0 unspecified atom stereocenters. The zero-order valence-corrected chi connectivity index (χ0v) is 23.6. The van der Waals surface area contributed by atoms with Crippen molar-refractivity contribution < 1.29 is 9.47 Å². The smallest absolute Gasteiger partial charge is 0.0992 e. The Kier molecular flexibility index (Phi) is 16.4. The van der Waals surface area contributed by atoms with Gasteiger partial charge in [-0.15, -0.1) is 0 Å². The zero-order chi connectivity index (χ0) is 25.8. The summed E-state index contributed by atoms with van der Waals surface area (Å²) < 4.78 is 11.8. The normalized spacial score (nSPS) is 11.6. The average molecular weight is 497 g/mol. The Balaban J connectivity index is 1.64. The van der Waals surface area contributed by atoms with E-state index in [-0.39, 0.29) is 0 Å². The first-order valence-corrected chi connectivity index (χ1v) is 14.3. The molecule has 0 aliphatic carbocycles. The van der Waals surface area contributed by atoms with Crippen LogP contribution in [0.15, 0.2) is 48.5 Å². The molecule has 0 aliphatic rings. The molecule has 0 saturated heterocycles. The number of unbranched alkanes of at least 4 members (excludes halogenated alkanes) is 8. The van der Waals surface area contributed by atoms with Gasteiger partial charge >= 0.3 is 0 Å². The minimum atomic E-state index is 0.657. The zero-order valence-electron chi connectivity index (χ0n) is 23.6. The number of nitrogens with zero attached hydrogens (tertiary/aromatic N) is 2. The van der Waals surface area contributed by atoms with E-state index in [9.17, 15) is 0 Å². The quantitative estimate of drug-likeness (QED) is 0.129. The predicted octanol–water partition coefficient (Wildman–Crippen LogP) is 8.11. The Hall–Kier alpha value is -1.72. The molecule has 0 bridgehead atoms. The van der Waals surface area contributed by atoms with Gasteiger partial charge in [0.25, 0.3) is 0 Å². The second-order valence-electron chi connectivity index (χ2n) is 10.3. The molecule has 0 radical (unpaired) electrons. The van der Waals surface area contributed by atoms with Crippen molar-refractivity contribution >= 4 is 0 Å². The van der Waals surface area contributed by atoms with Crippen molar-refractivity contribution in [1.82, 2.24) is 9.80 Å². The van der Waals surface area contributed by atoms with Gasteiger partial charge in [-0.05, 0) is 62.3 Å². The van der Waals surface area contributed by atoms with Crippen LogP contribution in [0, 0.1) is 0 Å². The van der Waals surface area contributed by atoms with Crippen LogP contribution in [0.3, 0.4) is 0 Å². The van der Waals surface area contributed by atoms with Gasteiger partial charge in [-0.2, -0.15) is 0 Å². The van der Waals surface area contributed by atoms with Crippen molar-refractivity contribution in [2.45, 2.75) is 91.3 Å². The molecule has 0 saturated carbocycles. The van der Waals surface area contributed by atoms with Crippen LogP contribution in [0.25, 0.3) is 11.1 Å². The van der Waals surface area contributed by atoms with Gasteiger partial charge in [0.1, 0.15) is 0 Å². The molecule has 36 heavy (non-hydrogen) atoms. The standard InChI is InChI=1S/C32H52N2O2/c1-5-7-9-11-13-23-33(3)27-35-25-29-15-19-31(20-16-29)32-21-17-30(18-22-32)26-36-28-34(4)24-14-12-10-8-6-2/h15-22H,5-14,23-28H2,1-4H3. The van der Waals surface area contributed by atoms with Gasteiger partial charge in [-0.1, -0.05) is 114 Å². The second-order valence-corrected chi connectivity index (χ2v) is 10.3. The minimum Gasteiger partial charge on any atom is -0.361 e. The molecule has 0 aliphatic heterocycles. The number of ether oxygens (including phenoxy) is 2. The Labute approximate surface area is 222 Å². The van der Waals surface area contributed by atoms with Crippen molar-refractivity contribution in [3.8, 4) is 11.1 Å². The summed E-state index contributed by atoms with van der Waals surface area (Å²) in [6.45, 7) is 9.43. The lowest BCUT2D eigenvalue weighted by molar-refractivity contribution is 0.0316. The van der Waals surface area contributed by atoms with E-state index in [1.54, 1.807) is 0 Å². The first kappa shape index (κ1) is 30.5. The first-order valence-electron chi connectivity index (χ1n) is 14.3. The summed E-state index contributed by atoms with van der Waals surface area (Å²) in [5, 5.41) is 0. The highest BCUT2D eigenvalue weighted by Gasteiger charge is 2.03. The largest absolute Gasteiger partial charge is 0.361 e. The maximum Gasteiger partial charge on any atom is 0.0992 e. The summed E-state index contributed by atoms with van der Waals surface area (Å²) >= 11 is 0. The Morgan fingerprint density at radius 3 is 1.22 bits per heavy atom. The fraction of sp³-hybridized carbons (Fsp3) is 0.625. The third kappa shape index (κ3) is 13.5. The van der Waals surface area contributed by atoms with Gasteiger partial charge in [0, 0.05) is 0 Å². The molecule has 0 heterocycles. The van der Waals surface area contributed by atoms with Crippen LogP contribution in [0.2, 0.25) is 0 Å². The summed E-state index contributed by atoms with van der Waals surface area (Å²) in [6, 6.07) is 17.5. The number of rotatable bonds is 21. The topological polar surface area (TPSA) is 24.9 Å². The highest BCUT2D eigenvalue weighted by atomic mass is 16.5. The summed E-state index contributed by atoms with van der Waals surface area (Å²) in [4.78, 5) is 4.55. The van der Waals surface area contributed by atoms with Crippen LogP contribution < -0.4 is 0 Å². The van der Waals surface area contributed by atoms with E-state index in [2.05, 4.69) is 86.3 Å². The van der Waals surface area contributed by atoms with E-state index < -0.39 is 0 Å². The van der Waals surface area contributed by atoms with Gasteiger partial charge in [-0.3, -0.25) is 9.80 Å². The molecule has 0 aromatic heterocycles. The molecule has 0 amide bonds. The monoisotopic (exact) mass is 496 g/mol. The molecular weight excluding hydrogens is 444 g/mol. The molecule has 0 atom stereocenters. The van der Waals surface area contributed by atoms with E-state index >= 15 is 0 Å². The van der Waals surface area contributed by atoms with Gasteiger partial charge in [0.15, 0.2) is 0 Å². The van der Waals surface area contributed by atoms with Crippen molar-refractivity contribution in [1.29, 1.82) is 0 Å². The molecule has 202 valence electrons. The minimum absolute atomic E-state index is 0.657. The van der Waals surface area contributed by atoms with E-state index in [1.807, 2.05) is 0 Å². The van der Waals surface area contributed by atoms with Crippen LogP contribution in [0.1, 0.15) is 89.2 Å². The van der Waals surface area contributed by atoms with Gasteiger partial charge in [-0.25, -0.2) is 0 Å². The lowest BCUT2D eigenvalue weighted by Gasteiger charge is -2.17. The third-order valence-corrected chi connectivity index (χ3v) is 6.69. The van der Waals surface area contributed by atoms with Crippen LogP contribution in [0.5, 0.6) is 0 Å². The molecule has 0 fully saturated rings. The van der Waals surface area contributed by atoms with Crippen LogP contribution >= 0.6 is 0 Å². The van der Waals surface area contributed by atoms with E-state index in [4.69, 9.17) is 9.47 Å². The summed E-state index contributed by atoms with van der Waals surface area (Å²) in [7, 11) is 4.29. The van der Waals surface area contributed by atoms with Gasteiger partial charge < -0.3 is 9.47 Å². The van der Waals surface area contributed by atoms with E-state index in [1.165, 1.54) is 86.5 Å². The lowest BCUT2D eigenvalue weighted by Crippen LogP contribution is -2.22. The van der Waals surface area contributed by atoms with E-state index in [0.29, 0.717) is 26.7 Å². The molecule has 2 aromatic rings. The Bertz CT molecular complexity index is 708. The predicted molar refractivity (Wildman–Crippen MR) is 154 cm³/mol.